The summed E-state index contributed by atoms with van der Waals surface area (Å²) in [5, 5.41) is 3.86. The number of hydrogen-bond donors (Lipinski definition) is 2. The first-order chi connectivity index (χ1) is 18.9. The molecule has 12 heteroatoms. The molecule has 5 rings (SSSR count). The van der Waals surface area contributed by atoms with Gasteiger partial charge in [0.05, 0.1) is 22.7 Å². The van der Waals surface area contributed by atoms with Gasteiger partial charge in [-0.1, -0.05) is 18.2 Å². The third kappa shape index (κ3) is 6.45. The third-order valence-corrected chi connectivity index (χ3v) is 6.88. The van der Waals surface area contributed by atoms with E-state index >= 15 is 0 Å². The van der Waals surface area contributed by atoms with Crippen molar-refractivity contribution in [3.05, 3.63) is 103 Å². The Kier molecular flexibility index (Phi) is 8.77. The van der Waals surface area contributed by atoms with Crippen LogP contribution < -0.4 is 14.8 Å². The van der Waals surface area contributed by atoms with Gasteiger partial charge in [0.15, 0.2) is 0 Å². The summed E-state index contributed by atoms with van der Waals surface area (Å²) in [7, 11) is -3.91. The molecule has 2 heterocycles. The monoisotopic (exact) mass is 577 g/mol. The van der Waals surface area contributed by atoms with E-state index in [1.165, 1.54) is 30.7 Å². The highest BCUT2D eigenvalue weighted by atomic mass is 35.5. The largest absolute Gasteiger partial charge is 0.462 e. The Morgan fingerprint density at radius 1 is 0.875 bits per heavy atom. The Balaban J connectivity index is 0.00000370. The second-order valence-corrected chi connectivity index (χ2v) is 9.87. The maximum Gasteiger partial charge on any atom is 0.341 e. The summed E-state index contributed by atoms with van der Waals surface area (Å²) in [6, 6.07) is 22.3. The van der Waals surface area contributed by atoms with Crippen molar-refractivity contribution in [2.75, 3.05) is 16.6 Å². The molecule has 0 aliphatic carbocycles. The van der Waals surface area contributed by atoms with E-state index in [2.05, 4.69) is 25.0 Å². The fraction of sp³-hybridized carbons (Fsp3) is 0.0714. The molecule has 40 heavy (non-hydrogen) atoms. The average molecular weight is 578 g/mol. The van der Waals surface area contributed by atoms with Crippen molar-refractivity contribution in [1.82, 2.24) is 15.0 Å². The van der Waals surface area contributed by atoms with Gasteiger partial charge >= 0.3 is 5.97 Å². The molecule has 0 radical (unpaired) electrons. The lowest BCUT2D eigenvalue weighted by atomic mass is 10.1. The normalized spacial score (nSPS) is 10.8. The quantitative estimate of drug-likeness (QED) is 0.204. The number of halogens is 1. The first-order valence-electron chi connectivity index (χ1n) is 11.9. The molecule has 10 nitrogen and oxygen atoms in total. The molecule has 2 N–H and O–H groups in total. The van der Waals surface area contributed by atoms with E-state index in [0.29, 0.717) is 33.8 Å². The van der Waals surface area contributed by atoms with Crippen LogP contribution >= 0.6 is 12.4 Å². The number of fused-ring (bicyclic) bond motifs is 1. The second-order valence-electron chi connectivity index (χ2n) is 8.19. The molecular weight excluding hydrogens is 554 g/mol. The number of sulfonamides is 1. The summed E-state index contributed by atoms with van der Waals surface area (Å²) in [5.41, 5.74) is 1.83. The van der Waals surface area contributed by atoms with Gasteiger partial charge in [-0.25, -0.2) is 27.9 Å². The molecule has 2 aromatic heterocycles. The Morgan fingerprint density at radius 3 is 2.30 bits per heavy atom. The van der Waals surface area contributed by atoms with Crippen molar-refractivity contribution in [1.29, 1.82) is 0 Å². The number of pyridine rings is 1. The van der Waals surface area contributed by atoms with Crippen LogP contribution in [0, 0.1) is 0 Å². The van der Waals surface area contributed by atoms with Gasteiger partial charge in [-0.2, -0.15) is 0 Å². The van der Waals surface area contributed by atoms with Crippen LogP contribution in [0.3, 0.4) is 0 Å². The van der Waals surface area contributed by atoms with Gasteiger partial charge < -0.3 is 14.8 Å². The molecular formula is C28H24ClN5O5S. The van der Waals surface area contributed by atoms with Gasteiger partial charge in [0.2, 0.25) is 5.95 Å². The van der Waals surface area contributed by atoms with Crippen LogP contribution in [0.15, 0.2) is 102 Å². The number of hydrogen-bond acceptors (Lipinski definition) is 9. The van der Waals surface area contributed by atoms with E-state index in [1.54, 1.807) is 43.3 Å². The lowest BCUT2D eigenvalue weighted by molar-refractivity contribution is 0.0527. The van der Waals surface area contributed by atoms with Crippen LogP contribution in [0.25, 0.3) is 10.9 Å². The smallest absolute Gasteiger partial charge is 0.341 e. The molecule has 204 valence electrons. The first kappa shape index (κ1) is 28.3. The van der Waals surface area contributed by atoms with Crippen molar-refractivity contribution in [2.24, 2.45) is 0 Å². The fourth-order valence-electron chi connectivity index (χ4n) is 3.75. The number of ether oxygens (including phenoxy) is 2. The Labute approximate surface area is 236 Å². The number of nitrogens with one attached hydrogen (secondary N) is 2. The number of carbonyl (C=O) groups excluding carboxylic acids is 1. The van der Waals surface area contributed by atoms with Crippen LogP contribution in [0.2, 0.25) is 0 Å². The zero-order valence-electron chi connectivity index (χ0n) is 21.1. The van der Waals surface area contributed by atoms with Crippen LogP contribution in [-0.4, -0.2) is 35.9 Å². The van der Waals surface area contributed by atoms with Crippen molar-refractivity contribution in [3.63, 3.8) is 0 Å². The number of esters is 1. The van der Waals surface area contributed by atoms with Gasteiger partial charge in [0.25, 0.3) is 10.0 Å². The second kappa shape index (κ2) is 12.4. The number of carbonyl (C=O) groups is 1. The molecule has 0 aliphatic heterocycles. The molecule has 0 spiro atoms. The molecule has 0 saturated heterocycles. The minimum atomic E-state index is -3.91. The molecule has 0 aliphatic rings. The van der Waals surface area contributed by atoms with E-state index in [4.69, 9.17) is 9.47 Å². The highest BCUT2D eigenvalue weighted by molar-refractivity contribution is 7.92. The molecule has 0 saturated carbocycles. The molecule has 0 amide bonds. The van der Waals surface area contributed by atoms with Crippen molar-refractivity contribution < 1.29 is 22.7 Å². The summed E-state index contributed by atoms with van der Waals surface area (Å²) in [5.74, 6) is 0.632. The van der Waals surface area contributed by atoms with E-state index in [1.807, 2.05) is 30.3 Å². The van der Waals surface area contributed by atoms with Gasteiger partial charge in [-0.05, 0) is 67.6 Å². The van der Waals surface area contributed by atoms with Gasteiger partial charge in [-0.15, -0.1) is 12.4 Å². The topological polar surface area (TPSA) is 132 Å². The molecule has 0 fully saturated rings. The number of para-hydroxylation sites is 1. The zero-order valence-corrected chi connectivity index (χ0v) is 22.8. The number of nitrogens with zero attached hydrogens (tertiary/aromatic N) is 3. The molecule has 0 atom stereocenters. The van der Waals surface area contributed by atoms with Crippen molar-refractivity contribution >= 4 is 56.6 Å². The summed E-state index contributed by atoms with van der Waals surface area (Å²) < 4.78 is 39.1. The summed E-state index contributed by atoms with van der Waals surface area (Å²) in [6.45, 7) is 1.91. The van der Waals surface area contributed by atoms with Gasteiger partial charge in [-0.3, -0.25) is 4.98 Å². The maximum atomic E-state index is 12.8. The Morgan fingerprint density at radius 2 is 1.60 bits per heavy atom. The Bertz CT molecular complexity index is 1720. The molecule has 3 aromatic carbocycles. The lowest BCUT2D eigenvalue weighted by Gasteiger charge is -2.15. The highest BCUT2D eigenvalue weighted by Gasteiger charge is 2.19. The van der Waals surface area contributed by atoms with Crippen LogP contribution in [0.5, 0.6) is 11.5 Å². The minimum Gasteiger partial charge on any atom is -0.462 e. The predicted molar refractivity (Wildman–Crippen MR) is 154 cm³/mol. The van der Waals surface area contributed by atoms with E-state index in [0.717, 1.165) is 0 Å². The maximum absolute atomic E-state index is 12.8. The SMILES string of the molecule is CCOC(=O)c1cnc2ccc(Oc3ccccc3)cc2c1Nc1ccc(S(=O)(=O)Nc2ncccn2)cc1.Cl. The molecule has 0 bridgehead atoms. The van der Waals surface area contributed by atoms with Crippen LogP contribution in [-0.2, 0) is 14.8 Å². The average Bonchev–Trinajstić information content (AvgIpc) is 2.94. The minimum absolute atomic E-state index is 0. The fourth-order valence-corrected chi connectivity index (χ4v) is 4.71. The number of anilines is 3. The highest BCUT2D eigenvalue weighted by Crippen LogP contribution is 2.34. The number of benzene rings is 3. The van der Waals surface area contributed by atoms with Crippen molar-refractivity contribution in [3.8, 4) is 11.5 Å². The number of aromatic nitrogens is 3. The molecule has 5 aromatic rings. The predicted octanol–water partition coefficient (Wildman–Crippen LogP) is 5.96. The van der Waals surface area contributed by atoms with Gasteiger partial charge in [0, 0.05) is 29.7 Å². The first-order valence-corrected chi connectivity index (χ1v) is 13.4. The van der Waals surface area contributed by atoms with E-state index < -0.39 is 16.0 Å². The van der Waals surface area contributed by atoms with E-state index in [-0.39, 0.29) is 35.4 Å². The Hall–Kier alpha value is -4.74. The molecule has 0 unspecified atom stereocenters. The zero-order chi connectivity index (χ0) is 27.2. The standard InChI is InChI=1S/C28H23N5O5S.ClH/c1-2-37-27(34)24-18-31-25-14-11-21(38-20-7-4-3-5-8-20)17-23(25)26(24)32-19-9-12-22(13-10-19)39(35,36)33-28-29-15-6-16-30-28;/h3-18H,2H2,1H3,(H,31,32)(H,29,30,33);1H. The summed E-state index contributed by atoms with van der Waals surface area (Å²) in [4.78, 5) is 25.0. The number of rotatable bonds is 9. The summed E-state index contributed by atoms with van der Waals surface area (Å²) in [6.07, 6.45) is 4.33. The van der Waals surface area contributed by atoms with Crippen LogP contribution in [0.4, 0.5) is 17.3 Å². The van der Waals surface area contributed by atoms with Crippen molar-refractivity contribution in [2.45, 2.75) is 11.8 Å². The van der Waals surface area contributed by atoms with Gasteiger partial charge in [0.1, 0.15) is 17.1 Å². The van der Waals surface area contributed by atoms with E-state index in [9.17, 15) is 13.2 Å². The summed E-state index contributed by atoms with van der Waals surface area (Å²) >= 11 is 0. The lowest BCUT2D eigenvalue weighted by Crippen LogP contribution is -2.14. The van der Waals surface area contributed by atoms with Crippen LogP contribution in [0.1, 0.15) is 17.3 Å². The third-order valence-electron chi connectivity index (χ3n) is 5.54.